The number of unbranched alkanes of at least 4 members (excludes halogenated alkanes) is 4. The Balaban J connectivity index is 1.32. The number of anilines is 2. The molecule has 1 aromatic heterocycles. The highest BCUT2D eigenvalue weighted by Gasteiger charge is 2.20. The Labute approximate surface area is 252 Å². The topological polar surface area (TPSA) is 158 Å². The van der Waals surface area contributed by atoms with Crippen molar-refractivity contribution < 1.29 is 29.3 Å². The molecule has 0 atom stereocenters. The first-order valence-electron chi connectivity index (χ1n) is 13.9. The van der Waals surface area contributed by atoms with Crippen LogP contribution in [0, 0.1) is 0 Å². The Morgan fingerprint density at radius 2 is 1.51 bits per heavy atom. The molecule has 0 fully saturated rings. The van der Waals surface area contributed by atoms with Crippen molar-refractivity contribution in [2.24, 2.45) is 0 Å². The van der Waals surface area contributed by atoms with Gasteiger partial charge in [0.2, 0.25) is 5.91 Å². The fourth-order valence-electron chi connectivity index (χ4n) is 4.49. The first-order chi connectivity index (χ1) is 20.7. The van der Waals surface area contributed by atoms with Crippen molar-refractivity contribution >= 4 is 51.7 Å². The molecule has 43 heavy (non-hydrogen) atoms. The van der Waals surface area contributed by atoms with Gasteiger partial charge in [-0.15, -0.1) is 0 Å². The van der Waals surface area contributed by atoms with Gasteiger partial charge in [0.1, 0.15) is 17.1 Å². The molecule has 1 heterocycles. The van der Waals surface area contributed by atoms with Gasteiger partial charge in [-0.05, 0) is 73.0 Å². The Bertz CT molecular complexity index is 1650. The van der Waals surface area contributed by atoms with Gasteiger partial charge in [-0.2, -0.15) is 0 Å². The van der Waals surface area contributed by atoms with Gasteiger partial charge in [-0.25, -0.2) is 0 Å². The van der Waals surface area contributed by atoms with E-state index in [0.29, 0.717) is 35.2 Å². The Morgan fingerprint density at radius 3 is 2.23 bits per heavy atom. The minimum absolute atomic E-state index is 0.126. The van der Waals surface area contributed by atoms with Crippen LogP contribution in [0.1, 0.15) is 54.4 Å². The van der Waals surface area contributed by atoms with Crippen molar-refractivity contribution in [1.82, 2.24) is 4.98 Å². The van der Waals surface area contributed by atoms with Gasteiger partial charge < -0.3 is 30.6 Å². The lowest BCUT2D eigenvalue weighted by Crippen LogP contribution is -2.23. The average molecular weight is 606 g/mol. The maximum absolute atomic E-state index is 12.9. The van der Waals surface area contributed by atoms with Gasteiger partial charge >= 0.3 is 5.97 Å². The van der Waals surface area contributed by atoms with Gasteiger partial charge in [0.25, 0.3) is 11.5 Å². The van der Waals surface area contributed by atoms with E-state index in [1.807, 2.05) is 0 Å². The summed E-state index contributed by atoms with van der Waals surface area (Å²) < 4.78 is 5.72. The number of amides is 2. The number of rotatable bonds is 14. The summed E-state index contributed by atoms with van der Waals surface area (Å²) in [4.78, 5) is 51.3. The van der Waals surface area contributed by atoms with Crippen molar-refractivity contribution in [2.45, 2.75) is 44.9 Å². The Kier molecular flexibility index (Phi) is 10.8. The largest absolute Gasteiger partial charge is 0.506 e. The van der Waals surface area contributed by atoms with Gasteiger partial charge in [-0.1, -0.05) is 43.0 Å². The lowest BCUT2D eigenvalue weighted by atomic mass is 10.1. The molecule has 11 heteroatoms. The summed E-state index contributed by atoms with van der Waals surface area (Å²) >= 11 is 5.88. The minimum Gasteiger partial charge on any atom is -0.506 e. The highest BCUT2D eigenvalue weighted by Crippen LogP contribution is 2.28. The molecule has 0 saturated heterocycles. The first-order valence-corrected chi connectivity index (χ1v) is 14.3. The van der Waals surface area contributed by atoms with Crippen LogP contribution in [0.5, 0.6) is 11.5 Å². The lowest BCUT2D eigenvalue weighted by Gasteiger charge is -2.11. The Hall–Kier alpha value is -4.83. The van der Waals surface area contributed by atoms with Gasteiger partial charge in [0.05, 0.1) is 18.5 Å². The molecule has 5 N–H and O–H groups in total. The molecule has 0 saturated carbocycles. The molecule has 0 aliphatic carbocycles. The molecular weight excluding hydrogens is 574 g/mol. The van der Waals surface area contributed by atoms with E-state index in [0.717, 1.165) is 31.2 Å². The van der Waals surface area contributed by atoms with E-state index in [9.17, 15) is 24.3 Å². The number of hydrogen-bond acceptors (Lipinski definition) is 6. The van der Waals surface area contributed by atoms with Crippen LogP contribution < -0.4 is 20.9 Å². The van der Waals surface area contributed by atoms with Crippen molar-refractivity contribution in [3.63, 3.8) is 0 Å². The number of ether oxygens (including phenoxy) is 1. The average Bonchev–Trinajstić information content (AvgIpc) is 2.96. The van der Waals surface area contributed by atoms with Crippen LogP contribution in [0.15, 0.2) is 71.5 Å². The molecule has 3 aromatic carbocycles. The van der Waals surface area contributed by atoms with Crippen LogP contribution in [-0.4, -0.2) is 39.6 Å². The highest BCUT2D eigenvalue weighted by atomic mass is 35.5. The fourth-order valence-corrected chi connectivity index (χ4v) is 4.62. The van der Waals surface area contributed by atoms with Crippen LogP contribution in [0.4, 0.5) is 11.4 Å². The molecule has 0 aliphatic heterocycles. The zero-order valence-corrected chi connectivity index (χ0v) is 24.1. The number of carbonyl (C=O) groups is 3. The SMILES string of the molecule is O=C(O)CCCCCCCOc1ccc(NC(=O)c2c(O)c3ccc(NC(=O)Cc4ccc(Cl)cc4)cc3[nH]c2=O)cc1. The molecular formula is C32H32ClN3O7. The number of pyridine rings is 1. The third-order valence-electron chi connectivity index (χ3n) is 6.69. The number of aliphatic carboxylic acids is 1. The van der Waals surface area contributed by atoms with Crippen molar-refractivity contribution in [3.05, 3.63) is 93.2 Å². The normalized spacial score (nSPS) is 10.8. The predicted molar refractivity (Wildman–Crippen MR) is 165 cm³/mol. The number of H-pyrrole nitrogens is 1. The third kappa shape index (κ3) is 9.08. The summed E-state index contributed by atoms with van der Waals surface area (Å²) in [6.07, 6.45) is 4.61. The van der Waals surface area contributed by atoms with E-state index in [1.165, 1.54) is 12.1 Å². The fraction of sp³-hybridized carbons (Fsp3) is 0.250. The van der Waals surface area contributed by atoms with Crippen LogP contribution in [0.2, 0.25) is 5.02 Å². The molecule has 4 aromatic rings. The number of carbonyl (C=O) groups excluding carboxylic acids is 2. The van der Waals surface area contributed by atoms with E-state index < -0.39 is 28.7 Å². The number of nitrogens with one attached hydrogen (secondary N) is 3. The van der Waals surface area contributed by atoms with Crippen molar-refractivity contribution in [1.29, 1.82) is 0 Å². The summed E-state index contributed by atoms with van der Waals surface area (Å²) in [5.41, 5.74) is 0.644. The summed E-state index contributed by atoms with van der Waals surface area (Å²) in [6, 6.07) is 18.1. The second-order valence-corrected chi connectivity index (χ2v) is 10.5. The summed E-state index contributed by atoms with van der Waals surface area (Å²) in [6.45, 7) is 0.513. The lowest BCUT2D eigenvalue weighted by molar-refractivity contribution is -0.137. The molecule has 4 rings (SSSR count). The standard InChI is InChI=1S/C32H32ClN3O7/c33-21-9-7-20(8-10-21)18-27(37)34-23-13-16-25-26(19-23)36-32(42)29(30(25)40)31(41)35-22-11-14-24(15-12-22)43-17-5-3-1-2-4-6-28(38)39/h7-16,19H,1-6,17-18H2,(H,34,37)(H,35,41)(H,38,39)(H2,36,40,42). The second kappa shape index (κ2) is 14.9. The second-order valence-electron chi connectivity index (χ2n) is 10.0. The van der Waals surface area contributed by atoms with E-state index >= 15 is 0 Å². The van der Waals surface area contributed by atoms with Crippen molar-refractivity contribution in [3.8, 4) is 11.5 Å². The first kappa shape index (κ1) is 31.1. The smallest absolute Gasteiger partial charge is 0.303 e. The number of halogens is 1. The number of carboxylic acids is 1. The number of carboxylic acid groups (broad SMARTS) is 1. The molecule has 0 spiro atoms. The number of aromatic nitrogens is 1. The third-order valence-corrected chi connectivity index (χ3v) is 6.94. The molecule has 0 bridgehead atoms. The molecule has 2 amide bonds. The zero-order valence-electron chi connectivity index (χ0n) is 23.3. The van der Waals surface area contributed by atoms with E-state index in [1.54, 1.807) is 54.6 Å². The molecule has 0 radical (unpaired) electrons. The van der Waals surface area contributed by atoms with E-state index in [2.05, 4.69) is 15.6 Å². The molecule has 10 nitrogen and oxygen atoms in total. The van der Waals surface area contributed by atoms with Gasteiger partial charge in [0, 0.05) is 28.2 Å². The van der Waals surface area contributed by atoms with Crippen LogP contribution in [0.25, 0.3) is 10.9 Å². The number of hydrogen-bond donors (Lipinski definition) is 5. The number of aromatic amines is 1. The molecule has 0 unspecified atom stereocenters. The van der Waals surface area contributed by atoms with Gasteiger partial charge in [-0.3, -0.25) is 19.2 Å². The zero-order chi connectivity index (χ0) is 30.8. The van der Waals surface area contributed by atoms with Crippen molar-refractivity contribution in [2.75, 3.05) is 17.2 Å². The van der Waals surface area contributed by atoms with Gasteiger partial charge in [0.15, 0.2) is 0 Å². The predicted octanol–water partition coefficient (Wildman–Crippen LogP) is 6.12. The molecule has 224 valence electrons. The summed E-state index contributed by atoms with van der Waals surface area (Å²) in [7, 11) is 0. The Morgan fingerprint density at radius 1 is 0.837 bits per heavy atom. The number of aromatic hydroxyl groups is 1. The monoisotopic (exact) mass is 605 g/mol. The maximum Gasteiger partial charge on any atom is 0.303 e. The maximum atomic E-state index is 12.9. The number of fused-ring (bicyclic) bond motifs is 1. The minimum atomic E-state index is -0.782. The molecule has 0 aliphatic rings. The number of benzene rings is 3. The van der Waals surface area contributed by atoms with E-state index in [4.69, 9.17) is 21.4 Å². The highest BCUT2D eigenvalue weighted by molar-refractivity contribution is 6.30. The summed E-state index contributed by atoms with van der Waals surface area (Å²) in [5.74, 6) is -1.68. The quantitative estimate of drug-likeness (QED) is 0.108. The van der Waals surface area contributed by atoms with Crippen LogP contribution >= 0.6 is 11.6 Å². The van der Waals surface area contributed by atoms with E-state index in [-0.39, 0.29) is 29.7 Å². The van der Waals surface area contributed by atoms with Crippen LogP contribution in [0.3, 0.4) is 0 Å². The summed E-state index contributed by atoms with van der Waals surface area (Å²) in [5, 5.41) is 25.6. The van der Waals surface area contributed by atoms with Crippen LogP contribution in [-0.2, 0) is 16.0 Å².